The largest absolute Gasteiger partial charge is 0.497 e. The molecule has 6 nitrogen and oxygen atoms in total. The highest BCUT2D eigenvalue weighted by atomic mass is 16.5. The number of pyridine rings is 1. The lowest BCUT2D eigenvalue weighted by atomic mass is 10.1. The third kappa shape index (κ3) is 5.48. The number of carbonyl (C=O) groups excluding carboxylic acids is 1. The number of methoxy groups -OCH3 is 1. The average Bonchev–Trinajstić information content (AvgIpc) is 2.74. The van der Waals surface area contributed by atoms with Gasteiger partial charge in [-0.3, -0.25) is 9.78 Å². The number of carbonyl (C=O) groups is 1. The Kier molecular flexibility index (Phi) is 6.68. The summed E-state index contributed by atoms with van der Waals surface area (Å²) in [5, 5.41) is 6.21. The van der Waals surface area contributed by atoms with Crippen LogP contribution < -0.4 is 20.1 Å². The third-order valence-electron chi connectivity index (χ3n) is 4.47. The molecule has 3 aromatic rings. The van der Waals surface area contributed by atoms with Crippen LogP contribution in [0.25, 0.3) is 0 Å². The highest BCUT2D eigenvalue weighted by molar-refractivity contribution is 5.94. The standard InChI is InChI=1S/C23H25N3O3/c1-16-5-4-6-17(2)22(16)26-19-13-18(14-24-15-19)23(27)25-11-12-29-21-9-7-20(28-3)8-10-21/h4-10,13-15,26H,11-12H2,1-3H3,(H,25,27). The van der Waals surface area contributed by atoms with E-state index >= 15 is 0 Å². The first kappa shape index (κ1) is 20.2. The van der Waals surface area contributed by atoms with Gasteiger partial charge in [-0.15, -0.1) is 0 Å². The molecule has 0 radical (unpaired) electrons. The predicted octanol–water partition coefficient (Wildman–Crippen LogP) is 4.26. The topological polar surface area (TPSA) is 72.5 Å². The molecular formula is C23H25N3O3. The molecule has 0 bridgehead atoms. The zero-order valence-electron chi connectivity index (χ0n) is 16.9. The van der Waals surface area contributed by atoms with Crippen molar-refractivity contribution in [2.75, 3.05) is 25.6 Å². The summed E-state index contributed by atoms with van der Waals surface area (Å²) in [5.41, 5.74) is 4.56. The van der Waals surface area contributed by atoms with Crippen molar-refractivity contribution in [3.05, 3.63) is 77.6 Å². The summed E-state index contributed by atoms with van der Waals surface area (Å²) in [4.78, 5) is 16.6. The van der Waals surface area contributed by atoms with E-state index in [0.29, 0.717) is 18.7 Å². The van der Waals surface area contributed by atoms with Crippen LogP contribution in [0.4, 0.5) is 11.4 Å². The van der Waals surface area contributed by atoms with E-state index in [0.717, 1.165) is 34.0 Å². The van der Waals surface area contributed by atoms with E-state index in [1.807, 2.05) is 56.3 Å². The lowest BCUT2D eigenvalue weighted by Crippen LogP contribution is -2.28. The van der Waals surface area contributed by atoms with Crippen molar-refractivity contribution in [2.24, 2.45) is 0 Å². The van der Waals surface area contributed by atoms with Crippen molar-refractivity contribution >= 4 is 17.3 Å². The van der Waals surface area contributed by atoms with Crippen molar-refractivity contribution in [2.45, 2.75) is 13.8 Å². The Labute approximate surface area is 170 Å². The van der Waals surface area contributed by atoms with Gasteiger partial charge in [0.2, 0.25) is 0 Å². The number of hydrogen-bond donors (Lipinski definition) is 2. The SMILES string of the molecule is COc1ccc(OCCNC(=O)c2cncc(Nc3c(C)cccc3C)c2)cc1. The Balaban J connectivity index is 1.53. The van der Waals surface area contributed by atoms with Crippen LogP contribution >= 0.6 is 0 Å². The number of anilines is 2. The maximum atomic E-state index is 12.4. The van der Waals surface area contributed by atoms with Gasteiger partial charge in [-0.1, -0.05) is 18.2 Å². The maximum absolute atomic E-state index is 12.4. The molecule has 1 heterocycles. The van der Waals surface area contributed by atoms with Gasteiger partial charge in [-0.25, -0.2) is 0 Å². The summed E-state index contributed by atoms with van der Waals surface area (Å²) in [5.74, 6) is 1.30. The molecule has 1 amide bonds. The van der Waals surface area contributed by atoms with E-state index in [1.165, 1.54) is 0 Å². The Morgan fingerprint density at radius 2 is 1.69 bits per heavy atom. The first-order chi connectivity index (χ1) is 14.1. The smallest absolute Gasteiger partial charge is 0.253 e. The van der Waals surface area contributed by atoms with Crippen molar-refractivity contribution in [1.82, 2.24) is 10.3 Å². The molecule has 0 aliphatic heterocycles. The summed E-state index contributed by atoms with van der Waals surface area (Å²) < 4.78 is 10.7. The maximum Gasteiger partial charge on any atom is 0.253 e. The van der Waals surface area contributed by atoms with Crippen LogP contribution in [0, 0.1) is 13.8 Å². The average molecular weight is 391 g/mol. The Bertz CT molecular complexity index is 951. The number of aromatic nitrogens is 1. The highest BCUT2D eigenvalue weighted by Gasteiger charge is 2.08. The molecule has 0 fully saturated rings. The van der Waals surface area contributed by atoms with Gasteiger partial charge in [0.15, 0.2) is 0 Å². The van der Waals surface area contributed by atoms with Crippen LogP contribution in [0.15, 0.2) is 60.9 Å². The van der Waals surface area contributed by atoms with Crippen molar-refractivity contribution in [3.63, 3.8) is 0 Å². The number of amides is 1. The van der Waals surface area contributed by atoms with Crippen molar-refractivity contribution < 1.29 is 14.3 Å². The summed E-state index contributed by atoms with van der Waals surface area (Å²) >= 11 is 0. The molecule has 2 aromatic carbocycles. The minimum absolute atomic E-state index is 0.194. The molecule has 0 unspecified atom stereocenters. The van der Waals surface area contributed by atoms with Crippen LogP contribution in [-0.4, -0.2) is 31.2 Å². The van der Waals surface area contributed by atoms with Crippen LogP contribution in [0.3, 0.4) is 0 Å². The Hall–Kier alpha value is -3.54. The molecular weight excluding hydrogens is 366 g/mol. The lowest BCUT2D eigenvalue weighted by molar-refractivity contribution is 0.0946. The summed E-state index contributed by atoms with van der Waals surface area (Å²) in [6.45, 7) is 4.84. The molecule has 3 rings (SSSR count). The lowest BCUT2D eigenvalue weighted by Gasteiger charge is -2.13. The molecule has 0 saturated heterocycles. The van der Waals surface area contributed by atoms with E-state index in [9.17, 15) is 4.79 Å². The fraction of sp³-hybridized carbons (Fsp3) is 0.217. The number of nitrogens with one attached hydrogen (secondary N) is 2. The second-order valence-corrected chi connectivity index (χ2v) is 6.63. The molecule has 2 N–H and O–H groups in total. The molecule has 0 atom stereocenters. The van der Waals surface area contributed by atoms with Gasteiger partial charge in [0.25, 0.3) is 5.91 Å². The number of nitrogens with zero attached hydrogens (tertiary/aromatic N) is 1. The molecule has 0 aliphatic rings. The van der Waals surface area contributed by atoms with Crippen LogP contribution in [0.1, 0.15) is 21.5 Å². The first-order valence-corrected chi connectivity index (χ1v) is 9.40. The van der Waals surface area contributed by atoms with Crippen LogP contribution in [-0.2, 0) is 0 Å². The number of aryl methyl sites for hydroxylation is 2. The van der Waals surface area contributed by atoms with Gasteiger partial charge < -0.3 is 20.1 Å². The van der Waals surface area contributed by atoms with Crippen molar-refractivity contribution in [3.8, 4) is 11.5 Å². The summed E-state index contributed by atoms with van der Waals surface area (Å²) in [6, 6.07) is 15.2. The highest BCUT2D eigenvalue weighted by Crippen LogP contribution is 2.24. The summed E-state index contributed by atoms with van der Waals surface area (Å²) in [6.07, 6.45) is 3.25. The number of ether oxygens (including phenoxy) is 2. The van der Waals surface area contributed by atoms with E-state index in [2.05, 4.69) is 15.6 Å². The van der Waals surface area contributed by atoms with E-state index < -0.39 is 0 Å². The van der Waals surface area contributed by atoms with Crippen molar-refractivity contribution in [1.29, 1.82) is 0 Å². The zero-order valence-corrected chi connectivity index (χ0v) is 16.9. The third-order valence-corrected chi connectivity index (χ3v) is 4.47. The first-order valence-electron chi connectivity index (χ1n) is 9.40. The van der Waals surface area contributed by atoms with Gasteiger partial charge in [0, 0.05) is 11.9 Å². The monoisotopic (exact) mass is 391 g/mol. The van der Waals surface area contributed by atoms with Gasteiger partial charge in [-0.2, -0.15) is 0 Å². The number of hydrogen-bond acceptors (Lipinski definition) is 5. The Morgan fingerprint density at radius 3 is 2.38 bits per heavy atom. The molecule has 1 aromatic heterocycles. The molecule has 6 heteroatoms. The fourth-order valence-corrected chi connectivity index (χ4v) is 2.90. The van der Waals surface area contributed by atoms with Gasteiger partial charge in [-0.05, 0) is 55.3 Å². The molecule has 0 saturated carbocycles. The fourth-order valence-electron chi connectivity index (χ4n) is 2.90. The molecule has 0 spiro atoms. The van der Waals surface area contributed by atoms with Crippen LogP contribution in [0.5, 0.6) is 11.5 Å². The summed E-state index contributed by atoms with van der Waals surface area (Å²) in [7, 11) is 1.62. The quantitative estimate of drug-likeness (QED) is 0.562. The van der Waals surface area contributed by atoms with E-state index in [1.54, 1.807) is 25.6 Å². The van der Waals surface area contributed by atoms with Crippen LogP contribution in [0.2, 0.25) is 0 Å². The van der Waals surface area contributed by atoms with E-state index in [-0.39, 0.29) is 5.91 Å². The van der Waals surface area contributed by atoms with E-state index in [4.69, 9.17) is 9.47 Å². The number of benzene rings is 2. The second kappa shape index (κ2) is 9.59. The van der Waals surface area contributed by atoms with Gasteiger partial charge >= 0.3 is 0 Å². The Morgan fingerprint density at radius 1 is 1.00 bits per heavy atom. The molecule has 0 aliphatic carbocycles. The minimum atomic E-state index is -0.194. The predicted molar refractivity (Wildman–Crippen MR) is 114 cm³/mol. The minimum Gasteiger partial charge on any atom is -0.497 e. The second-order valence-electron chi connectivity index (χ2n) is 6.63. The molecule has 150 valence electrons. The zero-order chi connectivity index (χ0) is 20.6. The normalized spacial score (nSPS) is 10.3. The molecule has 29 heavy (non-hydrogen) atoms. The number of rotatable bonds is 8. The number of para-hydroxylation sites is 1. The van der Waals surface area contributed by atoms with Gasteiger partial charge in [0.05, 0.1) is 31.1 Å². The van der Waals surface area contributed by atoms with Gasteiger partial charge in [0.1, 0.15) is 18.1 Å².